The number of carbonyl (C=O) groups is 1. The van der Waals surface area contributed by atoms with Crippen molar-refractivity contribution in [3.05, 3.63) is 46.8 Å². The topological polar surface area (TPSA) is 44.1 Å². The van der Waals surface area contributed by atoms with Gasteiger partial charge in [0.1, 0.15) is 5.75 Å². The number of aryl methyl sites for hydroxylation is 2. The van der Waals surface area contributed by atoms with Crippen molar-refractivity contribution in [3.8, 4) is 5.75 Å². The molecule has 0 N–H and O–H groups in total. The first-order chi connectivity index (χ1) is 10.5. The van der Waals surface area contributed by atoms with Crippen LogP contribution >= 0.6 is 0 Å². The predicted octanol–water partition coefficient (Wildman–Crippen LogP) is 4.04. The van der Waals surface area contributed by atoms with Crippen LogP contribution in [0.25, 0.3) is 0 Å². The highest BCUT2D eigenvalue weighted by Crippen LogP contribution is 2.25. The fraction of sp³-hybridized carbons (Fsp3) is 0.444. The zero-order chi connectivity index (χ0) is 16.3. The van der Waals surface area contributed by atoms with Crippen LogP contribution in [0.15, 0.2) is 24.3 Å². The lowest BCUT2D eigenvalue weighted by Gasteiger charge is -2.10. The number of hydrogen-bond acceptors (Lipinski definition) is 3. The maximum atomic E-state index is 12.4. The molecule has 0 aliphatic rings. The Morgan fingerprint density at radius 2 is 1.95 bits per heavy atom. The maximum absolute atomic E-state index is 12.4. The lowest BCUT2D eigenvalue weighted by Crippen LogP contribution is -2.22. The normalized spacial score (nSPS) is 12.2. The molecular weight excluding hydrogens is 276 g/mol. The van der Waals surface area contributed by atoms with Gasteiger partial charge in [0.15, 0.2) is 6.61 Å². The molecule has 0 radical (unpaired) electrons. The van der Waals surface area contributed by atoms with Gasteiger partial charge >= 0.3 is 0 Å². The average molecular weight is 300 g/mol. The van der Waals surface area contributed by atoms with Gasteiger partial charge in [-0.15, -0.1) is 0 Å². The van der Waals surface area contributed by atoms with Gasteiger partial charge in [-0.05, 0) is 50.3 Å². The summed E-state index contributed by atoms with van der Waals surface area (Å²) in [5.74, 6) is 0.997. The monoisotopic (exact) mass is 300 g/mol. The molecule has 1 aromatic heterocycles. The molecule has 2 rings (SSSR count). The number of carbonyl (C=O) groups excluding carboxylic acids is 1. The van der Waals surface area contributed by atoms with Gasteiger partial charge in [0.05, 0.1) is 5.69 Å². The van der Waals surface area contributed by atoms with E-state index >= 15 is 0 Å². The molecule has 118 valence electrons. The van der Waals surface area contributed by atoms with E-state index in [2.05, 4.69) is 18.9 Å². The Labute approximate surface area is 132 Å². The molecule has 1 unspecified atom stereocenters. The molecule has 0 aliphatic carbocycles. The van der Waals surface area contributed by atoms with Gasteiger partial charge < -0.3 is 4.74 Å². The molecule has 0 bridgehead atoms. The third-order valence-corrected chi connectivity index (χ3v) is 4.13. The van der Waals surface area contributed by atoms with Crippen LogP contribution in [0, 0.1) is 20.8 Å². The van der Waals surface area contributed by atoms with Crippen molar-refractivity contribution in [2.24, 2.45) is 0 Å². The summed E-state index contributed by atoms with van der Waals surface area (Å²) in [7, 11) is 0. The summed E-state index contributed by atoms with van der Waals surface area (Å²) in [5, 5.41) is 4.40. The molecule has 2 aromatic rings. The van der Waals surface area contributed by atoms with Crippen molar-refractivity contribution in [2.75, 3.05) is 6.61 Å². The number of para-hydroxylation sites is 1. The van der Waals surface area contributed by atoms with Crippen LogP contribution < -0.4 is 4.74 Å². The molecule has 0 saturated carbocycles. The van der Waals surface area contributed by atoms with Crippen LogP contribution in [0.3, 0.4) is 0 Å². The zero-order valence-electron chi connectivity index (χ0n) is 14.0. The van der Waals surface area contributed by atoms with Crippen LogP contribution in [0.5, 0.6) is 5.75 Å². The smallest absolute Gasteiger partial charge is 0.284 e. The fourth-order valence-corrected chi connectivity index (χ4v) is 2.73. The molecular formula is C18H24N2O2. The van der Waals surface area contributed by atoms with Gasteiger partial charge in [-0.3, -0.25) is 4.79 Å². The minimum absolute atomic E-state index is 0.00718. The Balaban J connectivity index is 2.15. The van der Waals surface area contributed by atoms with Crippen LogP contribution in [0.1, 0.15) is 53.5 Å². The second kappa shape index (κ2) is 6.77. The highest BCUT2D eigenvalue weighted by Gasteiger charge is 2.20. The number of ether oxygens (including phenoxy) is 1. The third-order valence-electron chi connectivity index (χ3n) is 4.13. The predicted molar refractivity (Wildman–Crippen MR) is 87.7 cm³/mol. The molecule has 1 atom stereocenters. The first kappa shape index (κ1) is 16.3. The molecule has 1 heterocycles. The van der Waals surface area contributed by atoms with Crippen LogP contribution in [0.4, 0.5) is 0 Å². The Bertz CT molecular complexity index is 674. The summed E-state index contributed by atoms with van der Waals surface area (Å²) >= 11 is 0. The molecule has 22 heavy (non-hydrogen) atoms. The summed E-state index contributed by atoms with van der Waals surface area (Å²) in [6, 6.07) is 7.68. The van der Waals surface area contributed by atoms with Crippen molar-refractivity contribution in [1.29, 1.82) is 0 Å². The van der Waals surface area contributed by atoms with Gasteiger partial charge in [-0.2, -0.15) is 5.10 Å². The molecule has 0 spiro atoms. The summed E-state index contributed by atoms with van der Waals surface area (Å²) in [6.45, 7) is 10.2. The highest BCUT2D eigenvalue weighted by molar-refractivity contribution is 5.80. The van der Waals surface area contributed by atoms with Crippen LogP contribution in [0.2, 0.25) is 0 Å². The molecule has 0 fully saturated rings. The van der Waals surface area contributed by atoms with E-state index in [1.54, 1.807) is 0 Å². The Kier molecular flexibility index (Phi) is 5.01. The highest BCUT2D eigenvalue weighted by atomic mass is 16.5. The second-order valence-corrected chi connectivity index (χ2v) is 5.75. The van der Waals surface area contributed by atoms with Gasteiger partial charge in [0.25, 0.3) is 5.91 Å². The lowest BCUT2D eigenvalue weighted by molar-refractivity contribution is 0.0817. The number of nitrogens with zero attached hydrogens (tertiary/aromatic N) is 2. The van der Waals surface area contributed by atoms with Gasteiger partial charge in [0.2, 0.25) is 0 Å². The molecule has 4 nitrogen and oxygen atoms in total. The minimum atomic E-state index is -0.140. The fourth-order valence-electron chi connectivity index (χ4n) is 2.73. The lowest BCUT2D eigenvalue weighted by atomic mass is 9.97. The first-order valence-corrected chi connectivity index (χ1v) is 7.73. The van der Waals surface area contributed by atoms with E-state index in [-0.39, 0.29) is 12.5 Å². The second-order valence-electron chi connectivity index (χ2n) is 5.75. The van der Waals surface area contributed by atoms with Crippen molar-refractivity contribution in [1.82, 2.24) is 9.78 Å². The maximum Gasteiger partial charge on any atom is 0.284 e. The average Bonchev–Trinajstić information content (AvgIpc) is 2.80. The van der Waals surface area contributed by atoms with E-state index in [1.807, 2.05) is 45.0 Å². The minimum Gasteiger partial charge on any atom is -0.483 e. The van der Waals surface area contributed by atoms with E-state index in [1.165, 1.54) is 10.2 Å². The van der Waals surface area contributed by atoms with E-state index in [0.29, 0.717) is 5.92 Å². The van der Waals surface area contributed by atoms with Crippen molar-refractivity contribution >= 4 is 5.91 Å². The molecule has 1 aromatic carbocycles. The van der Waals surface area contributed by atoms with Crippen molar-refractivity contribution in [2.45, 2.75) is 47.0 Å². The van der Waals surface area contributed by atoms with Crippen LogP contribution in [-0.4, -0.2) is 22.3 Å². The van der Waals surface area contributed by atoms with Crippen molar-refractivity contribution in [3.63, 3.8) is 0 Å². The van der Waals surface area contributed by atoms with Gasteiger partial charge in [-0.1, -0.05) is 32.0 Å². The Morgan fingerprint density at radius 1 is 1.27 bits per heavy atom. The standard InChI is InChI=1S/C18H24N2O2/c1-6-12(2)18-14(4)19-20(15(18)5)17(21)11-22-16-10-8-7-9-13(16)3/h7-10,12H,6,11H2,1-5H3. The van der Waals surface area contributed by atoms with E-state index in [9.17, 15) is 4.79 Å². The van der Waals surface area contributed by atoms with E-state index in [4.69, 9.17) is 4.74 Å². The van der Waals surface area contributed by atoms with E-state index < -0.39 is 0 Å². The molecule has 4 heteroatoms. The summed E-state index contributed by atoms with van der Waals surface area (Å²) in [6.07, 6.45) is 1.03. The van der Waals surface area contributed by atoms with Crippen molar-refractivity contribution < 1.29 is 9.53 Å². The Hall–Kier alpha value is -2.10. The number of aromatic nitrogens is 2. The summed E-state index contributed by atoms with van der Waals surface area (Å²) in [5.41, 5.74) is 4.04. The summed E-state index contributed by atoms with van der Waals surface area (Å²) in [4.78, 5) is 12.4. The summed E-state index contributed by atoms with van der Waals surface area (Å²) < 4.78 is 7.11. The largest absolute Gasteiger partial charge is 0.483 e. The number of rotatable bonds is 5. The number of benzene rings is 1. The quantitative estimate of drug-likeness (QED) is 0.837. The first-order valence-electron chi connectivity index (χ1n) is 7.73. The SMILES string of the molecule is CCC(C)c1c(C)nn(C(=O)COc2ccccc2C)c1C. The zero-order valence-corrected chi connectivity index (χ0v) is 14.0. The van der Waals surface area contributed by atoms with E-state index in [0.717, 1.165) is 29.1 Å². The number of hydrogen-bond donors (Lipinski definition) is 0. The molecule has 0 saturated heterocycles. The third kappa shape index (κ3) is 3.21. The molecule has 0 aliphatic heterocycles. The Morgan fingerprint density at radius 3 is 2.59 bits per heavy atom. The molecule has 0 amide bonds. The van der Waals surface area contributed by atoms with Gasteiger partial charge in [0, 0.05) is 5.69 Å². The van der Waals surface area contributed by atoms with Gasteiger partial charge in [-0.25, -0.2) is 4.68 Å². The van der Waals surface area contributed by atoms with Crippen LogP contribution in [-0.2, 0) is 0 Å².